The van der Waals surface area contributed by atoms with E-state index < -0.39 is 10.1 Å². The number of hydrogen-bond donors (Lipinski definition) is 2. The maximum atomic E-state index is 12.7. The molecule has 0 aliphatic heterocycles. The van der Waals surface area contributed by atoms with Crippen molar-refractivity contribution in [1.29, 1.82) is 0 Å². The summed E-state index contributed by atoms with van der Waals surface area (Å²) < 4.78 is 36.7. The molecule has 0 atom stereocenters. The van der Waals surface area contributed by atoms with Gasteiger partial charge in [-0.15, -0.1) is 0 Å². The molecule has 12 heteroatoms. The molecule has 9 nitrogen and oxygen atoms in total. The van der Waals surface area contributed by atoms with Crippen LogP contribution in [0, 0.1) is 10.5 Å². The molecule has 0 aliphatic carbocycles. The van der Waals surface area contributed by atoms with Crippen LogP contribution in [0.1, 0.15) is 11.1 Å². The summed E-state index contributed by atoms with van der Waals surface area (Å²) in [4.78, 5) is 19.8. The molecule has 0 unspecified atom stereocenters. The number of para-hydroxylation sites is 2. The van der Waals surface area contributed by atoms with Crippen molar-refractivity contribution in [2.24, 2.45) is 5.10 Å². The zero-order valence-electron chi connectivity index (χ0n) is 19.2. The Morgan fingerprint density at radius 2 is 1.94 bits per heavy atom. The Kier molecular flexibility index (Phi) is 8.16. The Hall–Kier alpha value is -3.10. The number of H-pyrrole nitrogens is 1. The molecule has 4 aromatic rings. The number of aryl methyl sites for hydroxylation is 1. The SMILES string of the molecule is COc1cc(/C=N\NC(=O)CSc2nc3ccccc3[nH]2)cc(I)c1OS(=O)(=O)c1ccc(C)cc1. The normalized spacial score (nSPS) is 11.6. The second-order valence-corrected chi connectivity index (χ2v) is 11.2. The van der Waals surface area contributed by atoms with Crippen LogP contribution in [0.25, 0.3) is 11.0 Å². The molecule has 0 spiro atoms. The first-order valence-corrected chi connectivity index (χ1v) is 14.0. The van der Waals surface area contributed by atoms with Crippen molar-refractivity contribution in [3.05, 3.63) is 75.4 Å². The Balaban J connectivity index is 1.39. The van der Waals surface area contributed by atoms with Crippen molar-refractivity contribution in [2.45, 2.75) is 17.0 Å². The van der Waals surface area contributed by atoms with E-state index in [1.807, 2.05) is 53.8 Å². The zero-order chi connectivity index (χ0) is 25.7. The Bertz CT molecular complexity index is 1500. The van der Waals surface area contributed by atoms with Crippen molar-refractivity contribution in [3.8, 4) is 11.5 Å². The summed E-state index contributed by atoms with van der Waals surface area (Å²) in [6.45, 7) is 1.87. The largest absolute Gasteiger partial charge is 0.493 e. The van der Waals surface area contributed by atoms with Gasteiger partial charge in [-0.25, -0.2) is 10.4 Å². The Morgan fingerprint density at radius 1 is 1.19 bits per heavy atom. The van der Waals surface area contributed by atoms with Crippen molar-refractivity contribution < 1.29 is 22.1 Å². The summed E-state index contributed by atoms with van der Waals surface area (Å²) in [6, 6.07) is 17.2. The fraction of sp³-hybridized carbons (Fsp3) is 0.125. The van der Waals surface area contributed by atoms with Gasteiger partial charge in [0.05, 0.1) is 33.7 Å². The lowest BCUT2D eigenvalue weighted by molar-refractivity contribution is -0.118. The third-order valence-electron chi connectivity index (χ3n) is 4.86. The molecule has 1 amide bonds. The van der Waals surface area contributed by atoms with Crippen LogP contribution in [0.3, 0.4) is 0 Å². The third-order valence-corrected chi connectivity index (χ3v) is 7.78. The van der Waals surface area contributed by atoms with Gasteiger partial charge >= 0.3 is 10.1 Å². The number of hydrazone groups is 1. The number of hydrogen-bond acceptors (Lipinski definition) is 8. The van der Waals surface area contributed by atoms with Crippen molar-refractivity contribution in [1.82, 2.24) is 15.4 Å². The van der Waals surface area contributed by atoms with Gasteiger partial charge in [0.2, 0.25) is 0 Å². The maximum Gasteiger partial charge on any atom is 0.339 e. The van der Waals surface area contributed by atoms with Crippen LogP contribution >= 0.6 is 34.4 Å². The van der Waals surface area contributed by atoms with Crippen LogP contribution in [-0.2, 0) is 14.9 Å². The monoisotopic (exact) mass is 636 g/mol. The van der Waals surface area contributed by atoms with Crippen LogP contribution in [0.2, 0.25) is 0 Å². The average Bonchev–Trinajstić information content (AvgIpc) is 3.27. The van der Waals surface area contributed by atoms with Crippen molar-refractivity contribution >= 4 is 67.6 Å². The minimum atomic E-state index is -4.05. The summed E-state index contributed by atoms with van der Waals surface area (Å²) >= 11 is 3.23. The van der Waals surface area contributed by atoms with E-state index >= 15 is 0 Å². The highest BCUT2D eigenvalue weighted by Gasteiger charge is 2.22. The lowest BCUT2D eigenvalue weighted by Crippen LogP contribution is -2.19. The van der Waals surface area contributed by atoms with Gasteiger partial charge in [-0.2, -0.15) is 13.5 Å². The number of aromatic amines is 1. The van der Waals surface area contributed by atoms with E-state index in [1.54, 1.807) is 24.3 Å². The topological polar surface area (TPSA) is 123 Å². The minimum Gasteiger partial charge on any atom is -0.493 e. The number of aromatic nitrogens is 2. The molecular weight excluding hydrogens is 615 g/mol. The summed E-state index contributed by atoms with van der Waals surface area (Å²) in [5.74, 6) is 0.109. The van der Waals surface area contributed by atoms with Gasteiger partial charge in [0, 0.05) is 0 Å². The first-order chi connectivity index (χ1) is 17.2. The van der Waals surface area contributed by atoms with Crippen molar-refractivity contribution in [3.63, 3.8) is 0 Å². The molecule has 1 heterocycles. The average molecular weight is 636 g/mol. The summed E-state index contributed by atoms with van der Waals surface area (Å²) in [6.07, 6.45) is 1.44. The number of thioether (sulfide) groups is 1. The van der Waals surface area contributed by atoms with Gasteiger partial charge in [0.25, 0.3) is 5.91 Å². The lowest BCUT2D eigenvalue weighted by atomic mass is 10.2. The second-order valence-electron chi connectivity index (χ2n) is 7.53. The van der Waals surface area contributed by atoms with Crippen LogP contribution in [0.5, 0.6) is 11.5 Å². The van der Waals surface area contributed by atoms with E-state index in [2.05, 4.69) is 20.5 Å². The molecule has 1 aromatic heterocycles. The highest BCUT2D eigenvalue weighted by Crippen LogP contribution is 2.35. The molecule has 0 bridgehead atoms. The molecule has 0 saturated heterocycles. The molecule has 0 saturated carbocycles. The van der Waals surface area contributed by atoms with Gasteiger partial charge in [0.15, 0.2) is 16.7 Å². The first kappa shape index (κ1) is 26.0. The number of benzene rings is 3. The van der Waals surface area contributed by atoms with Gasteiger partial charge in [-0.3, -0.25) is 4.79 Å². The second kappa shape index (κ2) is 11.3. The minimum absolute atomic E-state index is 0.0415. The summed E-state index contributed by atoms with van der Waals surface area (Å²) in [7, 11) is -2.64. The number of amides is 1. The van der Waals surface area contributed by atoms with Gasteiger partial charge < -0.3 is 13.9 Å². The number of fused-ring (bicyclic) bond motifs is 1. The fourth-order valence-corrected chi connectivity index (χ4v) is 5.62. The van der Waals surface area contributed by atoms with Gasteiger partial charge in [0.1, 0.15) is 4.90 Å². The van der Waals surface area contributed by atoms with Gasteiger partial charge in [-0.1, -0.05) is 41.6 Å². The van der Waals surface area contributed by atoms with Crippen LogP contribution < -0.4 is 14.3 Å². The molecule has 0 fully saturated rings. The molecule has 4 rings (SSSR count). The zero-order valence-corrected chi connectivity index (χ0v) is 23.0. The van der Waals surface area contributed by atoms with E-state index in [0.29, 0.717) is 14.3 Å². The first-order valence-electron chi connectivity index (χ1n) is 10.5. The number of rotatable bonds is 9. The predicted octanol–water partition coefficient (Wildman–Crippen LogP) is 4.49. The van der Waals surface area contributed by atoms with Gasteiger partial charge in [-0.05, 0) is 71.5 Å². The standard InChI is InChI=1S/C24H21IN4O5S2/c1-15-7-9-17(10-8-15)36(31,32)34-23-18(25)11-16(12-21(23)33-2)13-26-29-22(30)14-35-24-27-19-5-3-4-6-20(19)28-24/h3-13H,14H2,1-2H3,(H,27,28)(H,29,30)/b26-13-. The Morgan fingerprint density at radius 3 is 2.67 bits per heavy atom. The van der Waals surface area contributed by atoms with Crippen molar-refractivity contribution in [2.75, 3.05) is 12.9 Å². The number of halogens is 1. The number of imidazole rings is 1. The molecule has 2 N–H and O–H groups in total. The number of methoxy groups -OCH3 is 1. The summed E-state index contributed by atoms with van der Waals surface area (Å²) in [5.41, 5.74) is 5.73. The number of nitrogens with zero attached hydrogens (tertiary/aromatic N) is 2. The van der Waals surface area contributed by atoms with Crippen LogP contribution in [0.15, 0.2) is 75.8 Å². The fourth-order valence-electron chi connectivity index (χ4n) is 3.10. The third kappa shape index (κ3) is 6.36. The van der Waals surface area contributed by atoms with E-state index in [9.17, 15) is 13.2 Å². The molecule has 186 valence electrons. The maximum absolute atomic E-state index is 12.7. The number of carbonyl (C=O) groups excluding carboxylic acids is 1. The molecule has 0 aliphatic rings. The highest BCUT2D eigenvalue weighted by atomic mass is 127. The van der Waals surface area contributed by atoms with Crippen LogP contribution in [-0.4, -0.2) is 43.4 Å². The van der Waals surface area contributed by atoms with Crippen LogP contribution in [0.4, 0.5) is 0 Å². The quantitative estimate of drug-likeness (QED) is 0.0913. The highest BCUT2D eigenvalue weighted by molar-refractivity contribution is 14.1. The number of ether oxygens (including phenoxy) is 1. The molecular formula is C24H21IN4O5S2. The van der Waals surface area contributed by atoms with E-state index in [4.69, 9.17) is 8.92 Å². The predicted molar refractivity (Wildman–Crippen MR) is 147 cm³/mol. The van der Waals surface area contributed by atoms with E-state index in [-0.39, 0.29) is 28.1 Å². The van der Waals surface area contributed by atoms with E-state index in [1.165, 1.54) is 37.2 Å². The smallest absolute Gasteiger partial charge is 0.339 e. The lowest BCUT2D eigenvalue weighted by Gasteiger charge is -2.13. The Labute approximate surface area is 226 Å². The molecule has 0 radical (unpaired) electrons. The number of carbonyl (C=O) groups is 1. The summed E-state index contributed by atoms with van der Waals surface area (Å²) in [5, 5.41) is 4.63. The molecule has 36 heavy (non-hydrogen) atoms. The van der Waals surface area contributed by atoms with E-state index in [0.717, 1.165) is 16.6 Å². The number of nitrogens with one attached hydrogen (secondary N) is 2. The molecule has 3 aromatic carbocycles.